The number of hydrogen-bond acceptors (Lipinski definition) is 4. The number of alkyl halides is 3. The van der Waals surface area contributed by atoms with Gasteiger partial charge < -0.3 is 9.88 Å². The molecule has 0 radical (unpaired) electrons. The average molecular weight is 528 g/mol. The Hall–Kier alpha value is -3.75. The molecule has 0 saturated heterocycles. The number of pyridine rings is 2. The van der Waals surface area contributed by atoms with Crippen LogP contribution < -0.4 is 10.9 Å². The van der Waals surface area contributed by atoms with Crippen molar-refractivity contribution in [3.63, 3.8) is 0 Å². The zero-order valence-corrected chi connectivity index (χ0v) is 22.1. The van der Waals surface area contributed by atoms with E-state index in [4.69, 9.17) is 0 Å². The van der Waals surface area contributed by atoms with Crippen molar-refractivity contribution in [1.29, 1.82) is 0 Å². The van der Waals surface area contributed by atoms with E-state index < -0.39 is 35.3 Å². The summed E-state index contributed by atoms with van der Waals surface area (Å²) in [6.07, 6.45) is -0.179. The summed E-state index contributed by atoms with van der Waals surface area (Å²) in [5.74, 6) is -0.774. The smallest absolute Gasteiger partial charge is 0.347 e. The lowest BCUT2D eigenvalue weighted by Gasteiger charge is -2.25. The SMILES string of the molecule is CC(=O)C[C@H](NC(=O)[C@@H](CC(C)C)n1ccc(C(F)(F)F)cc1=O)c1cncc(-c2c(C)cccc2C)c1. The fourth-order valence-corrected chi connectivity index (χ4v) is 4.58. The second-order valence-corrected chi connectivity index (χ2v) is 10.0. The number of carbonyl (C=O) groups excluding carboxylic acids is 2. The van der Waals surface area contributed by atoms with E-state index in [1.54, 1.807) is 12.4 Å². The standard InChI is InChI=1S/C29H32F3N3O3/c1-17(2)11-25(35-10-9-23(14-26(35)37)29(30,31)32)28(38)34-24(12-20(5)36)21-13-22(16-33-15-21)27-18(3)7-6-8-19(27)4/h6-10,13-17,24-25H,11-12H2,1-5H3,(H,34,38)/t24-,25+/m0/s1. The third kappa shape index (κ3) is 6.96. The Balaban J connectivity index is 1.99. The first-order valence-electron chi connectivity index (χ1n) is 12.4. The molecular weight excluding hydrogens is 495 g/mol. The zero-order valence-electron chi connectivity index (χ0n) is 22.1. The van der Waals surface area contributed by atoms with Crippen LogP contribution in [-0.2, 0) is 15.8 Å². The molecule has 0 spiro atoms. The lowest BCUT2D eigenvalue weighted by molar-refractivity contribution is -0.137. The molecular formula is C29H32F3N3O3. The van der Waals surface area contributed by atoms with Crippen LogP contribution in [0.4, 0.5) is 13.2 Å². The van der Waals surface area contributed by atoms with Crippen LogP contribution in [-0.4, -0.2) is 21.2 Å². The molecule has 6 nitrogen and oxygen atoms in total. The quantitative estimate of drug-likeness (QED) is 0.372. The van der Waals surface area contributed by atoms with E-state index in [1.807, 2.05) is 52.0 Å². The van der Waals surface area contributed by atoms with E-state index in [9.17, 15) is 27.6 Å². The molecule has 2 heterocycles. The number of aromatic nitrogens is 2. The topological polar surface area (TPSA) is 81.1 Å². The van der Waals surface area contributed by atoms with E-state index in [0.717, 1.165) is 39.1 Å². The van der Waals surface area contributed by atoms with Gasteiger partial charge in [0.05, 0.1) is 11.6 Å². The Morgan fingerprint density at radius 3 is 2.26 bits per heavy atom. The van der Waals surface area contributed by atoms with Gasteiger partial charge in [0.2, 0.25) is 5.91 Å². The normalized spacial score (nSPS) is 13.3. The predicted molar refractivity (Wildman–Crippen MR) is 140 cm³/mol. The molecule has 0 fully saturated rings. The maximum absolute atomic E-state index is 13.5. The molecule has 0 saturated carbocycles. The van der Waals surface area contributed by atoms with Gasteiger partial charge in [-0.2, -0.15) is 13.2 Å². The highest BCUT2D eigenvalue weighted by Gasteiger charge is 2.32. The van der Waals surface area contributed by atoms with Crippen LogP contribution in [0.5, 0.6) is 0 Å². The molecule has 0 unspecified atom stereocenters. The molecule has 1 amide bonds. The molecule has 9 heteroatoms. The molecule has 1 N–H and O–H groups in total. The maximum atomic E-state index is 13.5. The first-order valence-corrected chi connectivity index (χ1v) is 12.4. The molecule has 38 heavy (non-hydrogen) atoms. The van der Waals surface area contributed by atoms with Gasteiger partial charge in [-0.3, -0.25) is 19.4 Å². The van der Waals surface area contributed by atoms with Gasteiger partial charge in [-0.25, -0.2) is 0 Å². The molecule has 3 aromatic rings. The van der Waals surface area contributed by atoms with Crippen LogP contribution in [0.2, 0.25) is 0 Å². The Kier molecular flexibility index (Phi) is 8.91. The fraction of sp³-hybridized carbons (Fsp3) is 0.379. The van der Waals surface area contributed by atoms with Gasteiger partial charge in [0, 0.05) is 36.6 Å². The minimum absolute atomic E-state index is 0.0140. The average Bonchev–Trinajstić information content (AvgIpc) is 2.81. The molecule has 0 aliphatic carbocycles. The van der Waals surface area contributed by atoms with Crippen molar-refractivity contribution in [2.45, 2.75) is 65.7 Å². The summed E-state index contributed by atoms with van der Waals surface area (Å²) in [4.78, 5) is 42.6. The molecule has 3 rings (SSSR count). The first kappa shape index (κ1) is 28.8. The fourth-order valence-electron chi connectivity index (χ4n) is 4.58. The lowest BCUT2D eigenvalue weighted by atomic mass is 9.94. The highest BCUT2D eigenvalue weighted by Crippen LogP contribution is 2.31. The van der Waals surface area contributed by atoms with Crippen LogP contribution in [0.1, 0.15) is 68.0 Å². The minimum atomic E-state index is -4.67. The van der Waals surface area contributed by atoms with Crippen LogP contribution in [0.15, 0.2) is 59.8 Å². The number of nitrogens with one attached hydrogen (secondary N) is 1. The van der Waals surface area contributed by atoms with Crippen LogP contribution in [0, 0.1) is 19.8 Å². The van der Waals surface area contributed by atoms with Gasteiger partial charge in [0.1, 0.15) is 11.8 Å². The summed E-state index contributed by atoms with van der Waals surface area (Å²) >= 11 is 0. The molecule has 2 aromatic heterocycles. The number of nitrogens with zero attached hydrogens (tertiary/aromatic N) is 2. The second kappa shape index (κ2) is 11.8. The number of hydrogen-bond donors (Lipinski definition) is 1. The number of carbonyl (C=O) groups is 2. The van der Waals surface area contributed by atoms with Crippen molar-refractivity contribution in [3.05, 3.63) is 87.6 Å². The van der Waals surface area contributed by atoms with E-state index in [0.29, 0.717) is 11.6 Å². The van der Waals surface area contributed by atoms with Gasteiger partial charge in [-0.05, 0) is 67.5 Å². The number of amides is 1. The Morgan fingerprint density at radius 2 is 1.71 bits per heavy atom. The highest BCUT2D eigenvalue weighted by molar-refractivity contribution is 5.83. The number of halogens is 3. The molecule has 202 valence electrons. The third-order valence-corrected chi connectivity index (χ3v) is 6.35. The number of aryl methyl sites for hydroxylation is 2. The Morgan fingerprint density at radius 1 is 1.05 bits per heavy atom. The molecule has 0 bridgehead atoms. The van der Waals surface area contributed by atoms with E-state index in [1.165, 1.54) is 6.92 Å². The van der Waals surface area contributed by atoms with Gasteiger partial charge in [-0.1, -0.05) is 32.0 Å². The van der Waals surface area contributed by atoms with E-state index >= 15 is 0 Å². The predicted octanol–water partition coefficient (Wildman–Crippen LogP) is 5.97. The lowest BCUT2D eigenvalue weighted by Crippen LogP contribution is -2.40. The van der Waals surface area contributed by atoms with Gasteiger partial charge in [-0.15, -0.1) is 0 Å². The van der Waals surface area contributed by atoms with Crippen LogP contribution in [0.25, 0.3) is 11.1 Å². The van der Waals surface area contributed by atoms with Crippen molar-refractivity contribution in [2.75, 3.05) is 0 Å². The van der Waals surface area contributed by atoms with Crippen molar-refractivity contribution in [2.24, 2.45) is 5.92 Å². The molecule has 0 aliphatic heterocycles. The van der Waals surface area contributed by atoms with Crippen molar-refractivity contribution >= 4 is 11.7 Å². The Labute approximate surface area is 219 Å². The summed E-state index contributed by atoms with van der Waals surface area (Å²) < 4.78 is 40.3. The Bertz CT molecular complexity index is 1360. The largest absolute Gasteiger partial charge is 0.416 e. The van der Waals surface area contributed by atoms with Crippen LogP contribution >= 0.6 is 0 Å². The summed E-state index contributed by atoms with van der Waals surface area (Å²) in [6, 6.07) is 7.29. The first-order chi connectivity index (χ1) is 17.8. The third-order valence-electron chi connectivity index (χ3n) is 6.35. The molecule has 2 atom stereocenters. The number of benzene rings is 1. The minimum Gasteiger partial charge on any atom is -0.347 e. The highest BCUT2D eigenvalue weighted by atomic mass is 19.4. The number of Topliss-reactive ketones (excluding diaryl/α,β-unsaturated/α-hetero) is 1. The van der Waals surface area contributed by atoms with Crippen molar-refractivity contribution in [3.8, 4) is 11.1 Å². The van der Waals surface area contributed by atoms with Gasteiger partial charge >= 0.3 is 6.18 Å². The summed E-state index contributed by atoms with van der Waals surface area (Å²) in [7, 11) is 0. The van der Waals surface area contributed by atoms with Gasteiger partial charge in [0.25, 0.3) is 5.56 Å². The van der Waals surface area contributed by atoms with Crippen LogP contribution in [0.3, 0.4) is 0 Å². The van der Waals surface area contributed by atoms with E-state index in [2.05, 4.69) is 10.3 Å². The summed E-state index contributed by atoms with van der Waals surface area (Å²) in [5.41, 5.74) is 2.54. The number of rotatable bonds is 9. The zero-order chi connectivity index (χ0) is 28.2. The molecule has 0 aliphatic rings. The van der Waals surface area contributed by atoms with Crippen molar-refractivity contribution < 1.29 is 22.8 Å². The summed E-state index contributed by atoms with van der Waals surface area (Å²) in [6.45, 7) is 9.08. The monoisotopic (exact) mass is 527 g/mol. The van der Waals surface area contributed by atoms with Gasteiger partial charge in [0.15, 0.2) is 0 Å². The van der Waals surface area contributed by atoms with Crippen molar-refractivity contribution in [1.82, 2.24) is 14.9 Å². The molecule has 1 aromatic carbocycles. The summed E-state index contributed by atoms with van der Waals surface area (Å²) in [5, 5.41) is 2.87. The van der Waals surface area contributed by atoms with E-state index in [-0.39, 0.29) is 24.5 Å². The second-order valence-electron chi connectivity index (χ2n) is 10.0. The maximum Gasteiger partial charge on any atom is 0.416 e. The number of ketones is 1.